The molecule has 5 heteroatoms. The highest BCUT2D eigenvalue weighted by atomic mass is 32.1. The molecule has 1 heterocycles. The molecule has 0 aliphatic rings. The Morgan fingerprint density at radius 2 is 1.86 bits per heavy atom. The second kappa shape index (κ2) is 6.65. The van der Waals surface area contributed by atoms with Crippen LogP contribution < -0.4 is 0 Å². The summed E-state index contributed by atoms with van der Waals surface area (Å²) < 4.78 is 5.04. The van der Waals surface area contributed by atoms with Crippen LogP contribution in [0.2, 0.25) is 0 Å². The highest BCUT2D eigenvalue weighted by Gasteiger charge is 2.15. The molecular formula is C16H16O4S. The van der Waals surface area contributed by atoms with E-state index < -0.39 is 5.97 Å². The first-order valence-electron chi connectivity index (χ1n) is 6.48. The number of esters is 1. The fourth-order valence-electron chi connectivity index (χ4n) is 1.95. The van der Waals surface area contributed by atoms with Gasteiger partial charge in [-0.3, -0.25) is 4.79 Å². The quantitative estimate of drug-likeness (QED) is 0.681. The van der Waals surface area contributed by atoms with Crippen molar-refractivity contribution < 1.29 is 19.4 Å². The Morgan fingerprint density at radius 1 is 1.19 bits per heavy atom. The van der Waals surface area contributed by atoms with Gasteiger partial charge in [0.1, 0.15) is 0 Å². The Labute approximate surface area is 127 Å². The number of carbonyl (C=O) groups is 2. The zero-order valence-corrected chi connectivity index (χ0v) is 12.7. The lowest BCUT2D eigenvalue weighted by Gasteiger charge is -2.05. The molecule has 2 rings (SSSR count). The maximum Gasteiger partial charge on any atom is 0.338 e. The molecule has 0 bridgehead atoms. The summed E-state index contributed by atoms with van der Waals surface area (Å²) in [6, 6.07) is 8.23. The molecule has 4 nitrogen and oxygen atoms in total. The van der Waals surface area contributed by atoms with Crippen molar-refractivity contribution in [2.45, 2.75) is 20.5 Å². The summed E-state index contributed by atoms with van der Waals surface area (Å²) in [7, 11) is 0. The standard InChI is InChI=1S/C16H16O4S/c1-10-7-14(11(2)21-10)15(18)9-20-16(19)13-5-3-12(8-17)4-6-13/h3-7,17H,8-9H2,1-2H3. The zero-order valence-electron chi connectivity index (χ0n) is 11.9. The first-order chi connectivity index (χ1) is 10.0. The van der Waals surface area contributed by atoms with Crippen LogP contribution in [0.3, 0.4) is 0 Å². The van der Waals surface area contributed by atoms with Crippen LogP contribution in [-0.4, -0.2) is 23.5 Å². The van der Waals surface area contributed by atoms with E-state index in [4.69, 9.17) is 9.84 Å². The number of aliphatic hydroxyl groups is 1. The molecule has 1 aromatic heterocycles. The van der Waals surface area contributed by atoms with Crippen molar-refractivity contribution in [3.8, 4) is 0 Å². The van der Waals surface area contributed by atoms with Gasteiger partial charge in [0, 0.05) is 15.3 Å². The van der Waals surface area contributed by atoms with E-state index in [1.807, 2.05) is 19.9 Å². The second-order valence-corrected chi connectivity index (χ2v) is 6.14. The van der Waals surface area contributed by atoms with Gasteiger partial charge in [0.05, 0.1) is 12.2 Å². The summed E-state index contributed by atoms with van der Waals surface area (Å²) in [6.45, 7) is 3.46. The number of ether oxygens (including phenoxy) is 1. The topological polar surface area (TPSA) is 63.6 Å². The zero-order chi connectivity index (χ0) is 15.4. The van der Waals surface area contributed by atoms with Gasteiger partial charge in [-0.2, -0.15) is 0 Å². The Balaban J connectivity index is 1.97. The lowest BCUT2D eigenvalue weighted by Crippen LogP contribution is -2.14. The minimum atomic E-state index is -0.544. The van der Waals surface area contributed by atoms with E-state index in [0.29, 0.717) is 16.7 Å². The van der Waals surface area contributed by atoms with Crippen LogP contribution in [0.25, 0.3) is 0 Å². The number of rotatable bonds is 5. The van der Waals surface area contributed by atoms with E-state index in [9.17, 15) is 9.59 Å². The minimum Gasteiger partial charge on any atom is -0.454 e. The van der Waals surface area contributed by atoms with E-state index in [-0.39, 0.29) is 19.0 Å². The summed E-state index contributed by atoms with van der Waals surface area (Å²) in [6.07, 6.45) is 0. The van der Waals surface area contributed by atoms with Gasteiger partial charge in [0.25, 0.3) is 0 Å². The lowest BCUT2D eigenvalue weighted by molar-refractivity contribution is 0.0474. The number of benzene rings is 1. The Hall–Kier alpha value is -1.98. The van der Waals surface area contributed by atoms with Gasteiger partial charge in [-0.05, 0) is 37.6 Å². The summed E-state index contributed by atoms with van der Waals surface area (Å²) in [4.78, 5) is 25.8. The van der Waals surface area contributed by atoms with Crippen LogP contribution in [0, 0.1) is 13.8 Å². The molecule has 0 fully saturated rings. The van der Waals surface area contributed by atoms with E-state index >= 15 is 0 Å². The number of aryl methyl sites for hydroxylation is 2. The molecule has 110 valence electrons. The second-order valence-electron chi connectivity index (χ2n) is 4.68. The van der Waals surface area contributed by atoms with Gasteiger partial charge < -0.3 is 9.84 Å². The minimum absolute atomic E-state index is 0.0788. The average molecular weight is 304 g/mol. The summed E-state index contributed by atoms with van der Waals surface area (Å²) in [5.41, 5.74) is 1.69. The highest BCUT2D eigenvalue weighted by Crippen LogP contribution is 2.21. The van der Waals surface area contributed by atoms with Crippen LogP contribution in [-0.2, 0) is 11.3 Å². The van der Waals surface area contributed by atoms with Crippen LogP contribution in [0.15, 0.2) is 30.3 Å². The Kier molecular flexibility index (Phi) is 4.88. The number of aliphatic hydroxyl groups excluding tert-OH is 1. The SMILES string of the molecule is Cc1cc(C(=O)COC(=O)c2ccc(CO)cc2)c(C)s1. The van der Waals surface area contributed by atoms with E-state index in [2.05, 4.69) is 0 Å². The monoisotopic (exact) mass is 304 g/mol. The predicted molar refractivity (Wildman–Crippen MR) is 80.8 cm³/mol. The largest absolute Gasteiger partial charge is 0.454 e. The Bertz CT molecular complexity index is 655. The van der Waals surface area contributed by atoms with Crippen LogP contribution in [0.5, 0.6) is 0 Å². The summed E-state index contributed by atoms with van der Waals surface area (Å²) in [5.74, 6) is -0.741. The van der Waals surface area contributed by atoms with E-state index in [0.717, 1.165) is 9.75 Å². The molecule has 0 radical (unpaired) electrons. The Morgan fingerprint density at radius 3 is 2.38 bits per heavy atom. The number of Topliss-reactive ketones (excluding diaryl/α,β-unsaturated/α-hetero) is 1. The van der Waals surface area contributed by atoms with Crippen molar-refractivity contribution in [2.75, 3.05) is 6.61 Å². The third-order valence-electron chi connectivity index (χ3n) is 3.05. The maximum atomic E-state index is 12.0. The van der Waals surface area contributed by atoms with Crippen LogP contribution in [0.4, 0.5) is 0 Å². The van der Waals surface area contributed by atoms with Crippen molar-refractivity contribution in [3.05, 3.63) is 56.8 Å². The van der Waals surface area contributed by atoms with Crippen molar-refractivity contribution in [2.24, 2.45) is 0 Å². The maximum absolute atomic E-state index is 12.0. The average Bonchev–Trinajstić information content (AvgIpc) is 2.83. The number of thiophene rings is 1. The van der Waals surface area contributed by atoms with E-state index in [1.165, 1.54) is 0 Å². The van der Waals surface area contributed by atoms with Gasteiger partial charge in [0.2, 0.25) is 5.78 Å². The number of carbonyl (C=O) groups excluding carboxylic acids is 2. The fourth-order valence-corrected chi connectivity index (χ4v) is 2.89. The normalized spacial score (nSPS) is 10.4. The first kappa shape index (κ1) is 15.4. The smallest absolute Gasteiger partial charge is 0.338 e. The summed E-state index contributed by atoms with van der Waals surface area (Å²) >= 11 is 1.55. The summed E-state index contributed by atoms with van der Waals surface area (Å²) in [5, 5.41) is 8.94. The molecule has 0 spiro atoms. The molecule has 0 saturated heterocycles. The molecular weight excluding hydrogens is 288 g/mol. The first-order valence-corrected chi connectivity index (χ1v) is 7.30. The molecule has 1 N–H and O–H groups in total. The molecule has 2 aromatic rings. The molecule has 0 unspecified atom stereocenters. The van der Waals surface area contributed by atoms with Crippen molar-refractivity contribution in [1.82, 2.24) is 0 Å². The van der Waals surface area contributed by atoms with Gasteiger partial charge in [-0.25, -0.2) is 4.79 Å². The molecule has 1 aromatic carbocycles. The van der Waals surface area contributed by atoms with Gasteiger partial charge >= 0.3 is 5.97 Å². The molecule has 0 aliphatic heterocycles. The van der Waals surface area contributed by atoms with E-state index in [1.54, 1.807) is 35.6 Å². The van der Waals surface area contributed by atoms with Crippen molar-refractivity contribution in [3.63, 3.8) is 0 Å². The lowest BCUT2D eigenvalue weighted by atomic mass is 10.1. The molecule has 0 amide bonds. The molecule has 0 saturated carbocycles. The molecule has 21 heavy (non-hydrogen) atoms. The van der Waals surface area contributed by atoms with Crippen LogP contribution in [0.1, 0.15) is 36.0 Å². The van der Waals surface area contributed by atoms with Crippen molar-refractivity contribution >= 4 is 23.1 Å². The van der Waals surface area contributed by atoms with Crippen LogP contribution >= 0.6 is 11.3 Å². The predicted octanol–water partition coefficient (Wildman–Crippen LogP) is 2.90. The van der Waals surface area contributed by atoms with Gasteiger partial charge in [-0.1, -0.05) is 12.1 Å². The third kappa shape index (κ3) is 3.77. The fraction of sp³-hybridized carbons (Fsp3) is 0.250. The highest BCUT2D eigenvalue weighted by molar-refractivity contribution is 7.12. The molecule has 0 aliphatic carbocycles. The molecule has 0 atom stereocenters. The number of hydrogen-bond acceptors (Lipinski definition) is 5. The van der Waals surface area contributed by atoms with Gasteiger partial charge in [-0.15, -0.1) is 11.3 Å². The van der Waals surface area contributed by atoms with Gasteiger partial charge in [0.15, 0.2) is 6.61 Å². The number of ketones is 1. The number of hydrogen-bond donors (Lipinski definition) is 1. The third-order valence-corrected chi connectivity index (χ3v) is 4.01. The van der Waals surface area contributed by atoms with Crippen molar-refractivity contribution in [1.29, 1.82) is 0 Å².